The SMILES string of the molecule is C1=CC2=[N+](c3ccccc3)c3ccccc3N3c4c(ccc5c6ccccc6n(-c6ccc7sc8ccccc8c7c6)c45)C(=C1)C23. The van der Waals surface area contributed by atoms with Gasteiger partial charge in [0.1, 0.15) is 11.7 Å². The van der Waals surface area contributed by atoms with Gasteiger partial charge in [-0.1, -0.05) is 91.0 Å². The molecule has 1 aliphatic carbocycles. The number of para-hydroxylation sites is 4. The number of fused-ring (bicyclic) bond motifs is 12. The minimum absolute atomic E-state index is 0.0791. The molecular formula is C42H26N3S+. The molecule has 0 N–H and O–H groups in total. The quantitative estimate of drug-likeness (QED) is 0.179. The van der Waals surface area contributed by atoms with Gasteiger partial charge in [0.05, 0.1) is 16.7 Å². The lowest BCUT2D eigenvalue weighted by molar-refractivity contribution is 0.931. The average molecular weight is 605 g/mol. The summed E-state index contributed by atoms with van der Waals surface area (Å²) in [6.45, 7) is 0. The second-order valence-corrected chi connectivity index (χ2v) is 13.4. The van der Waals surface area contributed by atoms with Crippen LogP contribution < -0.4 is 9.48 Å². The summed E-state index contributed by atoms with van der Waals surface area (Å²) in [7, 11) is 0. The van der Waals surface area contributed by atoms with E-state index in [9.17, 15) is 0 Å². The molecule has 0 saturated carbocycles. The lowest BCUT2D eigenvalue weighted by Crippen LogP contribution is -2.43. The van der Waals surface area contributed by atoms with E-state index in [1.54, 1.807) is 0 Å². The standard InChI is InChI=1S/C42H26N3S/c1-2-11-26(12-3-1)43-35-17-7-8-18-36(35)45-40-30(15-10-19-37(40)43)32-23-22-31-28-13-4-6-16-34(28)44(41(31)42(32)45)27-21-24-39-33(25-27)29-14-5-9-20-38(29)46-39/h1-25,40H/q+1. The summed E-state index contributed by atoms with van der Waals surface area (Å²) in [4.78, 5) is 2.62. The van der Waals surface area contributed by atoms with Crippen LogP contribution in [0.5, 0.6) is 0 Å². The Kier molecular flexibility index (Phi) is 4.78. The fourth-order valence-corrected chi connectivity index (χ4v) is 9.27. The Bertz CT molecular complexity index is 2700. The maximum absolute atomic E-state index is 2.62. The molecule has 0 spiro atoms. The number of benzene rings is 6. The third kappa shape index (κ3) is 3.09. The number of thiophene rings is 1. The second-order valence-electron chi connectivity index (χ2n) is 12.3. The summed E-state index contributed by atoms with van der Waals surface area (Å²) >= 11 is 1.87. The summed E-state index contributed by atoms with van der Waals surface area (Å²) in [5.41, 5.74) is 12.5. The fraction of sp³-hybridized carbons (Fsp3) is 0.0238. The number of hydrogen-bond donors (Lipinski definition) is 0. The van der Waals surface area contributed by atoms with E-state index in [4.69, 9.17) is 0 Å². The molecule has 1 atom stereocenters. The van der Waals surface area contributed by atoms with Crippen LogP contribution in [0.2, 0.25) is 0 Å². The lowest BCUT2D eigenvalue weighted by atomic mass is 9.92. The van der Waals surface area contributed by atoms with Crippen LogP contribution in [0.15, 0.2) is 152 Å². The molecule has 46 heavy (non-hydrogen) atoms. The first-order valence-electron chi connectivity index (χ1n) is 15.8. The molecule has 2 aromatic heterocycles. The van der Waals surface area contributed by atoms with Crippen molar-refractivity contribution in [2.24, 2.45) is 0 Å². The fourth-order valence-electron chi connectivity index (χ4n) is 8.19. The molecule has 0 amide bonds. The maximum Gasteiger partial charge on any atom is 0.235 e. The van der Waals surface area contributed by atoms with E-state index in [2.05, 4.69) is 166 Å². The van der Waals surface area contributed by atoms with E-state index in [-0.39, 0.29) is 6.04 Å². The Balaban J connectivity index is 1.26. The minimum atomic E-state index is 0.0791. The lowest BCUT2D eigenvalue weighted by Gasteiger charge is -2.33. The van der Waals surface area contributed by atoms with Crippen molar-refractivity contribution in [1.82, 2.24) is 9.14 Å². The van der Waals surface area contributed by atoms with Crippen molar-refractivity contribution in [1.29, 1.82) is 0 Å². The molecule has 1 unspecified atom stereocenters. The van der Waals surface area contributed by atoms with Gasteiger partial charge >= 0.3 is 0 Å². The van der Waals surface area contributed by atoms with E-state index >= 15 is 0 Å². The van der Waals surface area contributed by atoms with Crippen LogP contribution in [0.1, 0.15) is 5.56 Å². The third-order valence-corrected chi connectivity index (χ3v) is 11.2. The van der Waals surface area contributed by atoms with Gasteiger partial charge in [0, 0.05) is 66.5 Å². The highest BCUT2D eigenvalue weighted by atomic mass is 32.1. The summed E-state index contributed by atoms with van der Waals surface area (Å²) in [6.07, 6.45) is 6.86. The van der Waals surface area contributed by atoms with Crippen molar-refractivity contribution in [2.75, 3.05) is 4.90 Å². The Labute approximate surface area is 269 Å². The Morgan fingerprint density at radius 1 is 0.630 bits per heavy atom. The van der Waals surface area contributed by atoms with E-state index in [1.807, 2.05) is 11.3 Å². The van der Waals surface area contributed by atoms with Gasteiger partial charge in [0.15, 0.2) is 0 Å². The number of rotatable bonds is 2. The summed E-state index contributed by atoms with van der Waals surface area (Å²) in [5, 5.41) is 5.19. The molecule has 4 heterocycles. The molecule has 0 fully saturated rings. The highest BCUT2D eigenvalue weighted by Gasteiger charge is 2.49. The van der Waals surface area contributed by atoms with Gasteiger partial charge in [0.25, 0.3) is 0 Å². The van der Waals surface area contributed by atoms with E-state index in [0.717, 1.165) is 0 Å². The zero-order valence-electron chi connectivity index (χ0n) is 24.8. The molecule has 11 rings (SSSR count). The molecular weight excluding hydrogens is 579 g/mol. The van der Waals surface area contributed by atoms with Crippen molar-refractivity contribution in [3.63, 3.8) is 0 Å². The molecule has 0 saturated heterocycles. The first kappa shape index (κ1) is 24.6. The highest BCUT2D eigenvalue weighted by Crippen LogP contribution is 2.55. The summed E-state index contributed by atoms with van der Waals surface area (Å²) in [5.74, 6) is 0. The largest absolute Gasteiger partial charge is 0.316 e. The number of nitrogens with zero attached hydrogens (tertiary/aromatic N) is 3. The van der Waals surface area contributed by atoms with Crippen LogP contribution in [0.25, 0.3) is 53.2 Å². The Hall–Kier alpha value is -5.71. The molecule has 214 valence electrons. The second kappa shape index (κ2) is 8.94. The third-order valence-electron chi connectivity index (χ3n) is 10.0. The van der Waals surface area contributed by atoms with Crippen LogP contribution >= 0.6 is 11.3 Å². The van der Waals surface area contributed by atoms with Gasteiger partial charge in [-0.05, 0) is 42.0 Å². The number of anilines is 2. The number of aromatic nitrogens is 1. The van der Waals surface area contributed by atoms with Crippen molar-refractivity contribution >= 4 is 87.3 Å². The predicted octanol–water partition coefficient (Wildman–Crippen LogP) is 10.9. The van der Waals surface area contributed by atoms with Crippen LogP contribution in [0.3, 0.4) is 0 Å². The molecule has 0 radical (unpaired) electrons. The van der Waals surface area contributed by atoms with Crippen LogP contribution in [-0.2, 0) is 0 Å². The molecule has 8 aromatic rings. The van der Waals surface area contributed by atoms with Gasteiger partial charge < -0.3 is 9.47 Å². The van der Waals surface area contributed by atoms with Gasteiger partial charge in [0.2, 0.25) is 17.1 Å². The van der Waals surface area contributed by atoms with Gasteiger partial charge in [-0.25, -0.2) is 0 Å². The molecule has 3 aliphatic rings. The van der Waals surface area contributed by atoms with Crippen LogP contribution in [0, 0.1) is 0 Å². The summed E-state index contributed by atoms with van der Waals surface area (Å²) < 4.78 is 7.63. The van der Waals surface area contributed by atoms with E-state index < -0.39 is 0 Å². The van der Waals surface area contributed by atoms with Crippen molar-refractivity contribution < 1.29 is 0 Å². The Morgan fingerprint density at radius 2 is 1.41 bits per heavy atom. The first-order valence-corrected chi connectivity index (χ1v) is 16.6. The topological polar surface area (TPSA) is 11.2 Å². The van der Waals surface area contributed by atoms with E-state index in [0.29, 0.717) is 0 Å². The highest BCUT2D eigenvalue weighted by molar-refractivity contribution is 7.25. The monoisotopic (exact) mass is 604 g/mol. The van der Waals surface area contributed by atoms with Crippen molar-refractivity contribution in [2.45, 2.75) is 6.04 Å². The maximum atomic E-state index is 2.62. The van der Waals surface area contributed by atoms with Gasteiger partial charge in [-0.15, -0.1) is 11.3 Å². The normalized spacial score (nSPS) is 16.4. The molecule has 3 nitrogen and oxygen atoms in total. The van der Waals surface area contributed by atoms with Gasteiger partial charge in [-0.3, -0.25) is 0 Å². The van der Waals surface area contributed by atoms with Crippen molar-refractivity contribution in [3.05, 3.63) is 157 Å². The zero-order chi connectivity index (χ0) is 29.9. The number of hydrogen-bond acceptors (Lipinski definition) is 2. The summed E-state index contributed by atoms with van der Waals surface area (Å²) in [6, 6.07) is 49.2. The van der Waals surface area contributed by atoms with Gasteiger partial charge in [-0.2, -0.15) is 4.58 Å². The van der Waals surface area contributed by atoms with Crippen molar-refractivity contribution in [3.8, 4) is 5.69 Å². The number of allylic oxidation sites excluding steroid dienone is 2. The smallest absolute Gasteiger partial charge is 0.235 e. The Morgan fingerprint density at radius 3 is 2.35 bits per heavy atom. The molecule has 2 aliphatic heterocycles. The zero-order valence-corrected chi connectivity index (χ0v) is 25.6. The van der Waals surface area contributed by atoms with Crippen LogP contribution in [-0.4, -0.2) is 16.3 Å². The predicted molar refractivity (Wildman–Crippen MR) is 196 cm³/mol. The molecule has 0 bridgehead atoms. The molecule has 4 heteroatoms. The average Bonchev–Trinajstić information content (AvgIpc) is 3.77. The first-order chi connectivity index (χ1) is 22.8. The minimum Gasteiger partial charge on any atom is -0.316 e. The van der Waals surface area contributed by atoms with E-state index in [1.165, 1.54) is 87.3 Å². The van der Waals surface area contributed by atoms with Crippen LogP contribution in [0.4, 0.5) is 22.7 Å². The molecule has 6 aromatic carbocycles.